The van der Waals surface area contributed by atoms with Crippen molar-refractivity contribution in [2.45, 2.75) is 56.4 Å². The number of aliphatic hydroxyl groups is 1. The summed E-state index contributed by atoms with van der Waals surface area (Å²) in [6.45, 7) is 6.74. The molecule has 0 bridgehead atoms. The van der Waals surface area contributed by atoms with E-state index < -0.39 is 6.41 Å². The highest BCUT2D eigenvalue weighted by Gasteiger charge is 2.63. The van der Waals surface area contributed by atoms with Crippen molar-refractivity contribution in [2.75, 3.05) is 19.7 Å². The second-order valence-electron chi connectivity index (χ2n) is 9.25. The lowest BCUT2D eigenvalue weighted by Crippen LogP contribution is -2.58. The Kier molecular flexibility index (Phi) is 3.56. The minimum absolute atomic E-state index is 0.0768. The first-order valence-corrected chi connectivity index (χ1v) is 9.87. The van der Waals surface area contributed by atoms with Crippen LogP contribution in [0.25, 0.3) is 0 Å². The topological polar surface area (TPSA) is 61.8 Å². The number of hydrogen-bond donors (Lipinski definition) is 2. The lowest BCUT2D eigenvalue weighted by Gasteiger charge is -2.44. The molecule has 0 aromatic heterocycles. The maximum Gasteiger partial charge on any atom is 0.225 e. The van der Waals surface area contributed by atoms with E-state index >= 15 is 0 Å². The minimum Gasteiger partial charge on any atom is -0.356 e. The first kappa shape index (κ1) is 16.7. The van der Waals surface area contributed by atoms with E-state index in [-0.39, 0.29) is 16.9 Å². The fourth-order valence-corrected chi connectivity index (χ4v) is 5.44. The zero-order valence-electron chi connectivity index (χ0n) is 15.6. The largest absolute Gasteiger partial charge is 0.356 e. The van der Waals surface area contributed by atoms with Crippen LogP contribution in [0.1, 0.15) is 50.2 Å². The van der Waals surface area contributed by atoms with Gasteiger partial charge in [-0.2, -0.15) is 0 Å². The fourth-order valence-electron chi connectivity index (χ4n) is 5.44. The summed E-state index contributed by atoms with van der Waals surface area (Å²) in [6.07, 6.45) is 1.90. The maximum absolute atomic E-state index is 13.0. The van der Waals surface area contributed by atoms with Gasteiger partial charge in [0.2, 0.25) is 12.3 Å². The number of carbonyl (C=O) groups excluding carboxylic acids is 1. The van der Waals surface area contributed by atoms with Crippen molar-refractivity contribution in [3.05, 3.63) is 35.4 Å². The predicted octanol–water partition coefficient (Wildman–Crippen LogP) is 1.95. The van der Waals surface area contributed by atoms with Crippen molar-refractivity contribution in [1.29, 1.82) is 0 Å². The smallest absolute Gasteiger partial charge is 0.225 e. The number of amides is 1. The van der Waals surface area contributed by atoms with Crippen LogP contribution >= 0.6 is 0 Å². The van der Waals surface area contributed by atoms with Gasteiger partial charge in [0.15, 0.2) is 0 Å². The molecule has 4 aliphatic rings. The first-order valence-electron chi connectivity index (χ1n) is 9.87. The molecule has 2 aliphatic heterocycles. The Balaban J connectivity index is 1.26. The van der Waals surface area contributed by atoms with Crippen LogP contribution in [-0.4, -0.2) is 47.6 Å². The molecule has 5 heteroatoms. The molecule has 2 aliphatic carbocycles. The normalized spacial score (nSPS) is 40.8. The lowest BCUT2D eigenvalue weighted by atomic mass is 9.68. The van der Waals surface area contributed by atoms with Gasteiger partial charge < -0.3 is 14.7 Å². The van der Waals surface area contributed by atoms with Gasteiger partial charge in [-0.25, -0.2) is 0 Å². The summed E-state index contributed by atoms with van der Waals surface area (Å²) < 4.78 is 5.21. The van der Waals surface area contributed by atoms with Gasteiger partial charge >= 0.3 is 0 Å². The molecule has 1 amide bonds. The van der Waals surface area contributed by atoms with Gasteiger partial charge in [0.05, 0.1) is 6.61 Å². The molecule has 4 fully saturated rings. The van der Waals surface area contributed by atoms with E-state index in [2.05, 4.69) is 48.3 Å². The number of rotatable bonds is 3. The molecule has 2 N–H and O–H groups in total. The molecule has 2 saturated heterocycles. The van der Waals surface area contributed by atoms with Crippen molar-refractivity contribution < 1.29 is 14.6 Å². The number of benzene rings is 1. The third-order valence-electron chi connectivity index (χ3n) is 7.16. The Morgan fingerprint density at radius 3 is 2.85 bits per heavy atom. The molecule has 1 aromatic rings. The molecule has 1 aromatic carbocycles. The molecule has 2 heterocycles. The van der Waals surface area contributed by atoms with Crippen LogP contribution in [0, 0.1) is 11.8 Å². The predicted molar refractivity (Wildman–Crippen MR) is 97.4 cm³/mol. The molecule has 2 saturated carbocycles. The van der Waals surface area contributed by atoms with Gasteiger partial charge in [-0.1, -0.05) is 38.1 Å². The Morgan fingerprint density at radius 1 is 1.35 bits per heavy atom. The second kappa shape index (κ2) is 5.54. The average molecular weight is 356 g/mol. The summed E-state index contributed by atoms with van der Waals surface area (Å²) in [4.78, 5) is 15.1. The number of fused-ring (bicyclic) bond motifs is 1. The van der Waals surface area contributed by atoms with Crippen molar-refractivity contribution in [3.8, 4) is 0 Å². The molecule has 3 atom stereocenters. The first-order chi connectivity index (χ1) is 12.4. The Morgan fingerprint density at radius 2 is 2.15 bits per heavy atom. The number of likely N-dealkylation sites (tertiary alicyclic amines) is 1. The second-order valence-corrected chi connectivity index (χ2v) is 9.25. The molecule has 140 valence electrons. The zero-order chi connectivity index (χ0) is 18.1. The third-order valence-corrected chi connectivity index (χ3v) is 7.16. The number of hydrogen-bond acceptors (Lipinski definition) is 4. The number of piperidine rings is 1. The van der Waals surface area contributed by atoms with Crippen molar-refractivity contribution in [3.63, 3.8) is 0 Å². The van der Waals surface area contributed by atoms with Gasteiger partial charge in [-0.05, 0) is 42.2 Å². The van der Waals surface area contributed by atoms with Gasteiger partial charge in [-0.15, -0.1) is 0 Å². The molecule has 1 unspecified atom stereocenters. The Bertz CT molecular complexity index is 743. The molecular weight excluding hydrogens is 328 g/mol. The number of carbonyl (C=O) groups is 1. The van der Waals surface area contributed by atoms with Crippen LogP contribution < -0.4 is 5.32 Å². The quantitative estimate of drug-likeness (QED) is 0.869. The van der Waals surface area contributed by atoms with E-state index in [1.807, 2.05) is 0 Å². The number of ether oxygens (including phenoxy) is 1. The number of nitrogens with zero attached hydrogens (tertiary/aromatic N) is 1. The SMILES string of the molecule is CC(C)c1cccc([C@]23C[C@H]2CN(C(=O)C2CC4(COC(O)N4)C2)C3)c1. The van der Waals surface area contributed by atoms with E-state index in [9.17, 15) is 9.90 Å². The summed E-state index contributed by atoms with van der Waals surface area (Å²) >= 11 is 0. The van der Waals surface area contributed by atoms with E-state index in [4.69, 9.17) is 4.74 Å². The molecular formula is C21H28N2O3. The highest BCUT2D eigenvalue weighted by Crippen LogP contribution is 2.59. The van der Waals surface area contributed by atoms with E-state index in [1.54, 1.807) is 0 Å². The minimum atomic E-state index is -0.873. The summed E-state index contributed by atoms with van der Waals surface area (Å²) in [5.41, 5.74) is 2.83. The van der Waals surface area contributed by atoms with E-state index in [0.29, 0.717) is 24.3 Å². The van der Waals surface area contributed by atoms with Crippen LogP contribution in [0.4, 0.5) is 0 Å². The average Bonchev–Trinajstić information content (AvgIpc) is 2.96. The Labute approximate surface area is 154 Å². The van der Waals surface area contributed by atoms with Gasteiger partial charge in [0.25, 0.3) is 0 Å². The molecule has 0 radical (unpaired) electrons. The van der Waals surface area contributed by atoms with Crippen molar-refractivity contribution >= 4 is 5.91 Å². The zero-order valence-corrected chi connectivity index (χ0v) is 15.6. The number of aliphatic hydroxyl groups excluding tert-OH is 1. The van der Waals surface area contributed by atoms with Crippen LogP contribution in [0.15, 0.2) is 24.3 Å². The van der Waals surface area contributed by atoms with Crippen LogP contribution in [0.5, 0.6) is 0 Å². The van der Waals surface area contributed by atoms with Gasteiger partial charge in [0, 0.05) is 30.0 Å². The third kappa shape index (κ3) is 2.44. The molecule has 5 rings (SSSR count). The summed E-state index contributed by atoms with van der Waals surface area (Å²) in [5, 5.41) is 12.6. The Hall–Kier alpha value is -1.43. The highest BCUT2D eigenvalue weighted by atomic mass is 16.6. The summed E-state index contributed by atoms with van der Waals surface area (Å²) in [6, 6.07) is 8.99. The van der Waals surface area contributed by atoms with Gasteiger partial charge in [-0.3, -0.25) is 10.1 Å². The lowest BCUT2D eigenvalue weighted by molar-refractivity contribution is -0.140. The van der Waals surface area contributed by atoms with Crippen molar-refractivity contribution in [2.24, 2.45) is 11.8 Å². The van der Waals surface area contributed by atoms with Crippen molar-refractivity contribution in [1.82, 2.24) is 10.2 Å². The van der Waals surface area contributed by atoms with E-state index in [0.717, 1.165) is 25.9 Å². The van der Waals surface area contributed by atoms with Crippen LogP contribution in [-0.2, 0) is 14.9 Å². The molecule has 26 heavy (non-hydrogen) atoms. The number of nitrogens with one attached hydrogen (secondary N) is 1. The highest BCUT2D eigenvalue weighted by molar-refractivity contribution is 5.81. The summed E-state index contributed by atoms with van der Waals surface area (Å²) in [7, 11) is 0. The van der Waals surface area contributed by atoms with E-state index in [1.165, 1.54) is 17.5 Å². The monoisotopic (exact) mass is 356 g/mol. The van der Waals surface area contributed by atoms with Crippen LogP contribution in [0.3, 0.4) is 0 Å². The fraction of sp³-hybridized carbons (Fsp3) is 0.667. The van der Waals surface area contributed by atoms with Crippen LogP contribution in [0.2, 0.25) is 0 Å². The van der Waals surface area contributed by atoms with Gasteiger partial charge in [0.1, 0.15) is 0 Å². The standard InChI is InChI=1S/C21H28N2O3/c1-13(2)14-4-3-5-16(6-14)21-9-17(21)10-23(11-21)18(24)15-7-20(8-15)12-26-19(25)22-20/h3-6,13,15,17,19,22,25H,7-12H2,1-2H3/t15?,17-,19?,20?,21+/m0/s1. The summed E-state index contributed by atoms with van der Waals surface area (Å²) in [5.74, 6) is 1.53. The molecule has 1 spiro atoms. The molecule has 5 nitrogen and oxygen atoms in total. The maximum atomic E-state index is 13.0.